The van der Waals surface area contributed by atoms with Crippen LogP contribution in [0, 0.1) is 0 Å². The van der Waals surface area contributed by atoms with Crippen molar-refractivity contribution in [3.8, 4) is 5.75 Å². The van der Waals surface area contributed by atoms with Gasteiger partial charge in [-0.15, -0.1) is 0 Å². The van der Waals surface area contributed by atoms with Gasteiger partial charge in [0.05, 0.1) is 11.4 Å². The first-order chi connectivity index (χ1) is 15.5. The lowest BCUT2D eigenvalue weighted by molar-refractivity contribution is -0.122. The number of benzene rings is 3. The Morgan fingerprint density at radius 2 is 1.62 bits per heavy atom. The highest BCUT2D eigenvalue weighted by Gasteiger charge is 2.36. The summed E-state index contributed by atoms with van der Waals surface area (Å²) in [5.74, 6) is -0.0673. The molecule has 0 aliphatic carbocycles. The van der Waals surface area contributed by atoms with Crippen LogP contribution in [0.25, 0.3) is 6.08 Å². The lowest BCUT2D eigenvalue weighted by Crippen LogP contribution is -2.33. The average Bonchev–Trinajstić information content (AvgIpc) is 3.07. The summed E-state index contributed by atoms with van der Waals surface area (Å²) in [4.78, 5) is 38.6. The number of carbonyl (C=O) groups is 3. The third-order valence-electron chi connectivity index (χ3n) is 4.77. The first kappa shape index (κ1) is 21.9. The van der Waals surface area contributed by atoms with Crippen LogP contribution >= 0.6 is 23.4 Å². The number of amides is 2. The normalized spacial score (nSPS) is 14.8. The maximum absolute atomic E-state index is 12.7. The minimum Gasteiger partial charge on any atom is -0.489 e. The van der Waals surface area contributed by atoms with Crippen molar-refractivity contribution in [2.45, 2.75) is 6.61 Å². The number of thioether (sulfide) groups is 1. The van der Waals surface area contributed by atoms with Gasteiger partial charge in [-0.3, -0.25) is 19.3 Å². The Balaban J connectivity index is 1.39. The van der Waals surface area contributed by atoms with Crippen LogP contribution in [-0.4, -0.2) is 28.4 Å². The zero-order valence-electron chi connectivity index (χ0n) is 16.9. The van der Waals surface area contributed by atoms with Gasteiger partial charge in [-0.2, -0.15) is 0 Å². The minimum atomic E-state index is -0.465. The molecule has 2 amide bonds. The van der Waals surface area contributed by atoms with E-state index in [1.807, 2.05) is 24.3 Å². The highest BCUT2D eigenvalue weighted by atomic mass is 35.5. The van der Waals surface area contributed by atoms with Crippen LogP contribution in [0.4, 0.5) is 4.79 Å². The predicted molar refractivity (Wildman–Crippen MR) is 126 cm³/mol. The van der Waals surface area contributed by atoms with Crippen LogP contribution in [0.15, 0.2) is 83.8 Å². The Hall–Kier alpha value is -3.35. The summed E-state index contributed by atoms with van der Waals surface area (Å²) in [5, 5.41) is 0.223. The van der Waals surface area contributed by atoms with Gasteiger partial charge in [-0.05, 0) is 53.2 Å². The fourth-order valence-corrected chi connectivity index (χ4v) is 4.02. The van der Waals surface area contributed by atoms with Gasteiger partial charge in [0, 0.05) is 10.6 Å². The zero-order chi connectivity index (χ0) is 22.5. The highest BCUT2D eigenvalue weighted by molar-refractivity contribution is 8.18. The first-order valence-electron chi connectivity index (χ1n) is 9.80. The lowest BCUT2D eigenvalue weighted by atomic mass is 10.1. The average molecular weight is 464 g/mol. The number of carbonyl (C=O) groups excluding carboxylic acids is 3. The van der Waals surface area contributed by atoms with E-state index in [-0.39, 0.29) is 17.2 Å². The maximum Gasteiger partial charge on any atom is 0.293 e. The van der Waals surface area contributed by atoms with Crippen LogP contribution in [-0.2, 0) is 11.4 Å². The number of imide groups is 1. The van der Waals surface area contributed by atoms with Gasteiger partial charge in [0.2, 0.25) is 0 Å². The molecule has 3 aromatic rings. The molecule has 0 spiro atoms. The molecule has 0 unspecified atom stereocenters. The molecule has 0 aromatic heterocycles. The molecule has 0 N–H and O–H groups in total. The molecule has 1 aliphatic rings. The Morgan fingerprint density at radius 1 is 0.938 bits per heavy atom. The van der Waals surface area contributed by atoms with Crippen molar-refractivity contribution in [3.63, 3.8) is 0 Å². The summed E-state index contributed by atoms with van der Waals surface area (Å²) in [5.41, 5.74) is 2.21. The van der Waals surface area contributed by atoms with Gasteiger partial charge in [0.1, 0.15) is 12.4 Å². The Morgan fingerprint density at radius 3 is 2.31 bits per heavy atom. The largest absolute Gasteiger partial charge is 0.489 e. The van der Waals surface area contributed by atoms with E-state index in [4.69, 9.17) is 16.3 Å². The number of hydrogen-bond acceptors (Lipinski definition) is 5. The minimum absolute atomic E-state index is 0.274. The standard InChI is InChI=1S/C25H18ClNO4S/c26-20-10-6-18(7-11-20)16-31-21-12-8-17(9-13-21)14-23-24(29)27(25(30)32-23)15-22(28)19-4-2-1-3-5-19/h1-14H,15-16H2. The molecular formula is C25H18ClNO4S. The fourth-order valence-electron chi connectivity index (χ4n) is 3.05. The summed E-state index contributed by atoms with van der Waals surface area (Å²) in [6.45, 7) is 0.133. The molecule has 7 heteroatoms. The van der Waals surface area contributed by atoms with Gasteiger partial charge < -0.3 is 4.74 Å². The summed E-state index contributed by atoms with van der Waals surface area (Å²) < 4.78 is 5.76. The SMILES string of the molecule is O=C(CN1C(=O)SC(=Cc2ccc(OCc3ccc(Cl)cc3)cc2)C1=O)c1ccccc1. The van der Waals surface area contributed by atoms with Crippen molar-refractivity contribution in [1.29, 1.82) is 0 Å². The Labute approximate surface area is 194 Å². The second-order valence-corrected chi connectivity index (χ2v) is 8.47. The van der Waals surface area contributed by atoms with Crippen molar-refractivity contribution < 1.29 is 19.1 Å². The number of halogens is 1. The van der Waals surface area contributed by atoms with E-state index in [0.29, 0.717) is 22.9 Å². The monoisotopic (exact) mass is 463 g/mol. The lowest BCUT2D eigenvalue weighted by Gasteiger charge is -2.11. The van der Waals surface area contributed by atoms with Crippen molar-refractivity contribution in [2.24, 2.45) is 0 Å². The van der Waals surface area contributed by atoms with Crippen LogP contribution < -0.4 is 4.74 Å². The zero-order valence-corrected chi connectivity index (χ0v) is 18.4. The van der Waals surface area contributed by atoms with E-state index in [0.717, 1.165) is 27.8 Å². The predicted octanol–water partition coefficient (Wildman–Crippen LogP) is 5.84. The third kappa shape index (κ3) is 5.28. The van der Waals surface area contributed by atoms with Crippen molar-refractivity contribution in [3.05, 3.63) is 105 Å². The number of rotatable bonds is 7. The highest BCUT2D eigenvalue weighted by Crippen LogP contribution is 2.32. The number of Topliss-reactive ketones (excluding diaryl/α,β-unsaturated/α-hetero) is 1. The van der Waals surface area contributed by atoms with E-state index >= 15 is 0 Å². The van der Waals surface area contributed by atoms with Gasteiger partial charge in [-0.25, -0.2) is 0 Å². The summed E-state index contributed by atoms with van der Waals surface area (Å²) in [6, 6.07) is 23.2. The topological polar surface area (TPSA) is 63.7 Å². The number of ketones is 1. The number of nitrogens with zero attached hydrogens (tertiary/aromatic N) is 1. The van der Waals surface area contributed by atoms with Crippen molar-refractivity contribution in [1.82, 2.24) is 4.90 Å². The molecule has 5 nitrogen and oxygen atoms in total. The van der Waals surface area contributed by atoms with E-state index in [2.05, 4.69) is 0 Å². The maximum atomic E-state index is 12.7. The van der Waals surface area contributed by atoms with Crippen LogP contribution in [0.1, 0.15) is 21.5 Å². The molecule has 32 heavy (non-hydrogen) atoms. The molecule has 0 atom stereocenters. The van der Waals surface area contributed by atoms with Gasteiger partial charge in [0.25, 0.3) is 11.1 Å². The van der Waals surface area contributed by atoms with Crippen molar-refractivity contribution in [2.75, 3.05) is 6.54 Å². The number of ether oxygens (including phenoxy) is 1. The molecule has 0 saturated carbocycles. The molecule has 1 fully saturated rings. The summed E-state index contributed by atoms with van der Waals surface area (Å²) in [6.07, 6.45) is 1.64. The molecule has 0 bridgehead atoms. The van der Waals surface area contributed by atoms with Crippen LogP contribution in [0.2, 0.25) is 5.02 Å². The molecule has 1 aliphatic heterocycles. The summed E-state index contributed by atoms with van der Waals surface area (Å²) in [7, 11) is 0. The molecule has 4 rings (SSSR count). The van der Waals surface area contributed by atoms with Gasteiger partial charge in [-0.1, -0.05) is 66.2 Å². The van der Waals surface area contributed by atoms with Gasteiger partial charge in [0.15, 0.2) is 5.78 Å². The molecule has 3 aromatic carbocycles. The molecular weight excluding hydrogens is 446 g/mol. The fraction of sp³-hybridized carbons (Fsp3) is 0.0800. The number of hydrogen-bond donors (Lipinski definition) is 0. The van der Waals surface area contributed by atoms with Crippen LogP contribution in [0.3, 0.4) is 0 Å². The molecule has 1 heterocycles. The van der Waals surface area contributed by atoms with Crippen LogP contribution in [0.5, 0.6) is 5.75 Å². The third-order valence-corrected chi connectivity index (χ3v) is 5.93. The van der Waals surface area contributed by atoms with Gasteiger partial charge >= 0.3 is 0 Å². The molecule has 1 saturated heterocycles. The van der Waals surface area contributed by atoms with E-state index in [1.54, 1.807) is 60.7 Å². The molecule has 160 valence electrons. The smallest absolute Gasteiger partial charge is 0.293 e. The van der Waals surface area contributed by atoms with E-state index in [9.17, 15) is 14.4 Å². The first-order valence-corrected chi connectivity index (χ1v) is 11.0. The Bertz CT molecular complexity index is 1170. The Kier molecular flexibility index (Phi) is 6.73. The van der Waals surface area contributed by atoms with Crippen molar-refractivity contribution >= 4 is 46.4 Å². The quantitative estimate of drug-likeness (QED) is 0.325. The second-order valence-electron chi connectivity index (χ2n) is 7.04. The van der Waals surface area contributed by atoms with E-state index in [1.165, 1.54) is 0 Å². The summed E-state index contributed by atoms with van der Waals surface area (Å²) >= 11 is 6.72. The molecule has 0 radical (unpaired) electrons. The van der Waals surface area contributed by atoms with E-state index < -0.39 is 11.1 Å². The second kappa shape index (κ2) is 9.85.